The van der Waals surface area contributed by atoms with Crippen molar-refractivity contribution in [3.05, 3.63) is 54.0 Å². The molecule has 164 valence electrons. The van der Waals surface area contributed by atoms with Crippen molar-refractivity contribution in [3.8, 4) is 11.5 Å². The lowest BCUT2D eigenvalue weighted by molar-refractivity contribution is 0.355. The molecule has 1 heterocycles. The van der Waals surface area contributed by atoms with E-state index < -0.39 is 15.8 Å². The summed E-state index contributed by atoms with van der Waals surface area (Å²) >= 11 is 0. The van der Waals surface area contributed by atoms with Crippen molar-refractivity contribution in [2.24, 2.45) is 0 Å². The van der Waals surface area contributed by atoms with Gasteiger partial charge >= 0.3 is 0 Å². The smallest absolute Gasteiger partial charge is 0.229 e. The zero-order chi connectivity index (χ0) is 22.6. The number of methoxy groups -OCH3 is 2. The Morgan fingerprint density at radius 2 is 1.71 bits per heavy atom. The Kier molecular flexibility index (Phi) is 6.44. The van der Waals surface area contributed by atoms with Crippen LogP contribution in [0.2, 0.25) is 0 Å². The maximum absolute atomic E-state index is 14.4. The Hall–Kier alpha value is -3.60. The molecular formula is C20H22FN5O4S. The van der Waals surface area contributed by atoms with E-state index in [1.165, 1.54) is 14.2 Å². The van der Waals surface area contributed by atoms with E-state index in [1.54, 1.807) is 36.4 Å². The monoisotopic (exact) mass is 447 g/mol. The number of aryl methyl sites for hydroxylation is 1. The number of sulfonamides is 1. The molecule has 0 fully saturated rings. The van der Waals surface area contributed by atoms with Gasteiger partial charge in [-0.1, -0.05) is 6.07 Å². The molecule has 0 saturated heterocycles. The second-order valence-corrected chi connectivity index (χ2v) is 8.38. The summed E-state index contributed by atoms with van der Waals surface area (Å²) in [6.07, 6.45) is 2.05. The number of aromatic nitrogens is 2. The van der Waals surface area contributed by atoms with Gasteiger partial charge in [-0.3, -0.25) is 4.72 Å². The number of hydrogen-bond donors (Lipinski definition) is 3. The van der Waals surface area contributed by atoms with Crippen LogP contribution in [0.1, 0.15) is 5.56 Å². The zero-order valence-electron chi connectivity index (χ0n) is 17.4. The highest BCUT2D eigenvalue weighted by Gasteiger charge is 2.13. The Balaban J connectivity index is 1.89. The van der Waals surface area contributed by atoms with Crippen molar-refractivity contribution in [1.82, 2.24) is 9.97 Å². The third-order valence-corrected chi connectivity index (χ3v) is 4.70. The third kappa shape index (κ3) is 5.72. The van der Waals surface area contributed by atoms with Crippen LogP contribution < -0.4 is 24.8 Å². The van der Waals surface area contributed by atoms with E-state index in [9.17, 15) is 12.8 Å². The predicted molar refractivity (Wildman–Crippen MR) is 118 cm³/mol. The first-order chi connectivity index (χ1) is 14.7. The first kappa shape index (κ1) is 22.1. The van der Waals surface area contributed by atoms with Gasteiger partial charge in [0.15, 0.2) is 23.1 Å². The lowest BCUT2D eigenvalue weighted by Gasteiger charge is -2.15. The normalized spacial score (nSPS) is 11.0. The fraction of sp³-hybridized carbons (Fsp3) is 0.200. The van der Waals surface area contributed by atoms with Gasteiger partial charge in [-0.2, -0.15) is 4.98 Å². The number of benzene rings is 2. The van der Waals surface area contributed by atoms with E-state index in [4.69, 9.17) is 9.47 Å². The lowest BCUT2D eigenvalue weighted by Crippen LogP contribution is -2.12. The molecule has 0 unspecified atom stereocenters. The van der Waals surface area contributed by atoms with Crippen molar-refractivity contribution >= 4 is 38.9 Å². The van der Waals surface area contributed by atoms with Crippen LogP contribution >= 0.6 is 0 Å². The fourth-order valence-electron chi connectivity index (χ4n) is 2.74. The number of nitrogens with one attached hydrogen (secondary N) is 3. The Bertz CT molecular complexity index is 1200. The SMILES string of the molecule is COc1ccc(Nc2ncc(F)c(Nc3ccc(C)cc3NS(C)(=O)=O)n2)cc1OC. The minimum Gasteiger partial charge on any atom is -0.493 e. The number of anilines is 5. The molecule has 0 spiro atoms. The molecule has 0 radical (unpaired) electrons. The van der Waals surface area contributed by atoms with E-state index in [0.717, 1.165) is 18.0 Å². The number of rotatable bonds is 8. The molecule has 0 bridgehead atoms. The number of hydrogen-bond acceptors (Lipinski definition) is 8. The highest BCUT2D eigenvalue weighted by molar-refractivity contribution is 7.92. The van der Waals surface area contributed by atoms with Crippen LogP contribution in [-0.4, -0.2) is 38.9 Å². The summed E-state index contributed by atoms with van der Waals surface area (Å²) in [4.78, 5) is 8.11. The largest absolute Gasteiger partial charge is 0.493 e. The summed E-state index contributed by atoms with van der Waals surface area (Å²) < 4.78 is 50.6. The van der Waals surface area contributed by atoms with Crippen LogP contribution in [0.3, 0.4) is 0 Å². The molecule has 2 aromatic carbocycles. The van der Waals surface area contributed by atoms with Crippen LogP contribution in [0.15, 0.2) is 42.6 Å². The summed E-state index contributed by atoms with van der Waals surface area (Å²) in [5.74, 6) is 0.354. The minimum absolute atomic E-state index is 0.126. The molecule has 0 saturated carbocycles. The molecule has 1 aromatic heterocycles. The van der Waals surface area contributed by atoms with Crippen LogP contribution in [0.5, 0.6) is 11.5 Å². The summed E-state index contributed by atoms with van der Waals surface area (Å²) in [5, 5.41) is 5.79. The Morgan fingerprint density at radius 3 is 2.39 bits per heavy atom. The molecule has 3 aromatic rings. The van der Waals surface area contributed by atoms with Gasteiger partial charge in [0.1, 0.15) is 0 Å². The number of halogens is 1. The summed E-state index contributed by atoms with van der Waals surface area (Å²) in [7, 11) is -0.484. The maximum atomic E-state index is 14.4. The van der Waals surface area contributed by atoms with Gasteiger partial charge in [0.05, 0.1) is 38.0 Å². The van der Waals surface area contributed by atoms with E-state index in [0.29, 0.717) is 22.9 Å². The van der Waals surface area contributed by atoms with Gasteiger partial charge in [0.2, 0.25) is 16.0 Å². The fourth-order valence-corrected chi connectivity index (χ4v) is 3.31. The quantitative estimate of drug-likeness (QED) is 0.478. The van der Waals surface area contributed by atoms with Crippen molar-refractivity contribution in [1.29, 1.82) is 0 Å². The molecule has 9 nitrogen and oxygen atoms in total. The van der Waals surface area contributed by atoms with Crippen LogP contribution in [0.25, 0.3) is 0 Å². The minimum atomic E-state index is -3.53. The summed E-state index contributed by atoms with van der Waals surface area (Å²) in [5.41, 5.74) is 2.04. The second kappa shape index (κ2) is 9.04. The third-order valence-electron chi connectivity index (χ3n) is 4.11. The first-order valence-corrected chi connectivity index (χ1v) is 10.9. The molecule has 0 atom stereocenters. The standard InChI is InChI=1S/C20H22FN5O4S/c1-12-5-7-15(16(9-12)26-31(4,27)28)24-19-14(21)11-22-20(25-19)23-13-6-8-17(29-2)18(10-13)30-3/h5-11,26H,1-4H3,(H2,22,23,24,25). The van der Waals surface area contributed by atoms with Crippen LogP contribution in [-0.2, 0) is 10.0 Å². The summed E-state index contributed by atoms with van der Waals surface area (Å²) in [6.45, 7) is 1.81. The topological polar surface area (TPSA) is 114 Å². The van der Waals surface area contributed by atoms with Gasteiger partial charge in [-0.25, -0.2) is 17.8 Å². The molecule has 31 heavy (non-hydrogen) atoms. The maximum Gasteiger partial charge on any atom is 0.229 e. The van der Waals surface area contributed by atoms with Crippen molar-refractivity contribution < 1.29 is 22.3 Å². The molecule has 11 heteroatoms. The molecule has 0 aliphatic heterocycles. The van der Waals surface area contributed by atoms with E-state index in [-0.39, 0.29) is 17.5 Å². The molecule has 0 aliphatic rings. The zero-order valence-corrected chi connectivity index (χ0v) is 18.2. The molecule has 0 amide bonds. The highest BCUT2D eigenvalue weighted by Crippen LogP contribution is 2.31. The molecule has 3 rings (SSSR count). The van der Waals surface area contributed by atoms with Crippen LogP contribution in [0.4, 0.5) is 33.2 Å². The number of ether oxygens (including phenoxy) is 2. The molecule has 0 aliphatic carbocycles. The average Bonchev–Trinajstić information content (AvgIpc) is 2.71. The van der Waals surface area contributed by atoms with Crippen molar-refractivity contribution in [2.75, 3.05) is 35.8 Å². The molecule has 3 N–H and O–H groups in total. The average molecular weight is 447 g/mol. The van der Waals surface area contributed by atoms with Crippen molar-refractivity contribution in [2.45, 2.75) is 6.92 Å². The van der Waals surface area contributed by atoms with Gasteiger partial charge in [0, 0.05) is 11.8 Å². The first-order valence-electron chi connectivity index (χ1n) is 9.05. The Morgan fingerprint density at radius 1 is 0.968 bits per heavy atom. The van der Waals surface area contributed by atoms with Crippen LogP contribution in [0, 0.1) is 12.7 Å². The predicted octanol–water partition coefficient (Wildman–Crippen LogP) is 3.80. The van der Waals surface area contributed by atoms with Gasteiger partial charge in [-0.05, 0) is 36.8 Å². The van der Waals surface area contributed by atoms with Crippen molar-refractivity contribution in [3.63, 3.8) is 0 Å². The highest BCUT2D eigenvalue weighted by atomic mass is 32.2. The summed E-state index contributed by atoms with van der Waals surface area (Å²) in [6, 6.07) is 10.1. The van der Waals surface area contributed by atoms with E-state index >= 15 is 0 Å². The van der Waals surface area contributed by atoms with E-state index in [2.05, 4.69) is 25.3 Å². The second-order valence-electron chi connectivity index (χ2n) is 6.63. The van der Waals surface area contributed by atoms with Gasteiger partial charge < -0.3 is 20.1 Å². The van der Waals surface area contributed by atoms with Gasteiger partial charge in [0.25, 0.3) is 0 Å². The van der Waals surface area contributed by atoms with E-state index in [1.807, 2.05) is 6.92 Å². The molecular weight excluding hydrogens is 425 g/mol. The Labute approximate surface area is 179 Å². The lowest BCUT2D eigenvalue weighted by atomic mass is 10.2. The van der Waals surface area contributed by atoms with Gasteiger partial charge in [-0.15, -0.1) is 0 Å². The number of nitrogens with zero attached hydrogens (tertiary/aromatic N) is 2.